The van der Waals surface area contributed by atoms with Crippen LogP contribution in [-0.2, 0) is 6.54 Å². The van der Waals surface area contributed by atoms with E-state index in [0.29, 0.717) is 48.8 Å². The third-order valence-corrected chi connectivity index (χ3v) is 7.37. The summed E-state index contributed by atoms with van der Waals surface area (Å²) >= 11 is 0. The highest BCUT2D eigenvalue weighted by Crippen LogP contribution is 2.59. The Morgan fingerprint density at radius 2 is 1.61 bits per heavy atom. The van der Waals surface area contributed by atoms with Crippen LogP contribution < -0.4 is 5.32 Å². The lowest BCUT2D eigenvalue weighted by atomic mass is 9.51. The molecule has 2 unspecified atom stereocenters. The molecule has 162 valence electrons. The van der Waals surface area contributed by atoms with Crippen molar-refractivity contribution in [2.24, 2.45) is 11.8 Å². The van der Waals surface area contributed by atoms with Crippen molar-refractivity contribution in [1.29, 1.82) is 0 Å². The standard InChI is InChI=1S/C26H29FN2O2/c1-29(24(31)22-5-3-2-4-6-22)16-18-7-9-21(10-8-18)23(30)28-26-14-19-11-20(15-26)13-25(27,12-19)17-26/h2-10,19-20H,11-17H2,1H3,(H,28,30). The van der Waals surface area contributed by atoms with Gasteiger partial charge in [0.15, 0.2) is 0 Å². The Kier molecular flexibility index (Phi) is 4.87. The number of carbonyl (C=O) groups is 2. The number of halogens is 1. The highest BCUT2D eigenvalue weighted by Gasteiger charge is 2.58. The van der Waals surface area contributed by atoms with E-state index in [9.17, 15) is 9.59 Å². The van der Waals surface area contributed by atoms with Gasteiger partial charge in [0.2, 0.25) is 0 Å². The number of hydrogen-bond acceptors (Lipinski definition) is 2. The molecule has 0 radical (unpaired) electrons. The second-order valence-corrected chi connectivity index (χ2v) is 10.1. The molecule has 2 atom stereocenters. The summed E-state index contributed by atoms with van der Waals surface area (Å²) in [5.74, 6) is 0.661. The number of nitrogens with one attached hydrogen (secondary N) is 1. The smallest absolute Gasteiger partial charge is 0.253 e. The Hall–Kier alpha value is -2.69. The van der Waals surface area contributed by atoms with Crippen LogP contribution in [0.15, 0.2) is 54.6 Å². The summed E-state index contributed by atoms with van der Waals surface area (Å²) in [7, 11) is 1.77. The minimum Gasteiger partial charge on any atom is -0.346 e. The van der Waals surface area contributed by atoms with Gasteiger partial charge in [0.1, 0.15) is 5.67 Å². The number of benzene rings is 2. The molecule has 2 aromatic rings. The minimum absolute atomic E-state index is 0.0376. The molecule has 4 aliphatic rings. The molecule has 2 aromatic carbocycles. The molecule has 0 aliphatic heterocycles. The normalized spacial score (nSPS) is 30.8. The van der Waals surface area contributed by atoms with Crippen molar-refractivity contribution in [2.45, 2.75) is 56.3 Å². The maximum atomic E-state index is 15.2. The zero-order chi connectivity index (χ0) is 21.6. The fourth-order valence-corrected chi connectivity index (χ4v) is 6.52. The maximum absolute atomic E-state index is 15.2. The van der Waals surface area contributed by atoms with Crippen LogP contribution in [0.2, 0.25) is 0 Å². The zero-order valence-electron chi connectivity index (χ0n) is 17.9. The van der Waals surface area contributed by atoms with Crippen LogP contribution in [0.5, 0.6) is 0 Å². The molecule has 2 amide bonds. The fourth-order valence-electron chi connectivity index (χ4n) is 6.52. The summed E-state index contributed by atoms with van der Waals surface area (Å²) < 4.78 is 15.2. The molecule has 0 heterocycles. The Balaban J connectivity index is 1.23. The van der Waals surface area contributed by atoms with Crippen molar-refractivity contribution < 1.29 is 14.0 Å². The van der Waals surface area contributed by atoms with E-state index in [-0.39, 0.29) is 17.4 Å². The molecule has 5 heteroatoms. The van der Waals surface area contributed by atoms with E-state index in [1.165, 1.54) is 0 Å². The lowest BCUT2D eigenvalue weighted by Gasteiger charge is -2.59. The number of amides is 2. The van der Waals surface area contributed by atoms with Crippen molar-refractivity contribution >= 4 is 11.8 Å². The van der Waals surface area contributed by atoms with Gasteiger partial charge in [0, 0.05) is 36.7 Å². The monoisotopic (exact) mass is 420 g/mol. The molecular weight excluding hydrogens is 391 g/mol. The molecule has 31 heavy (non-hydrogen) atoms. The van der Waals surface area contributed by atoms with Gasteiger partial charge in [-0.2, -0.15) is 0 Å². The highest BCUT2D eigenvalue weighted by atomic mass is 19.1. The van der Waals surface area contributed by atoms with E-state index in [0.717, 1.165) is 24.8 Å². The lowest BCUT2D eigenvalue weighted by Crippen LogP contribution is -2.64. The average Bonchev–Trinajstić information content (AvgIpc) is 2.72. The summed E-state index contributed by atoms with van der Waals surface area (Å²) in [6, 6.07) is 16.6. The van der Waals surface area contributed by atoms with Gasteiger partial charge in [-0.15, -0.1) is 0 Å². The Morgan fingerprint density at radius 1 is 0.968 bits per heavy atom. The second kappa shape index (κ2) is 7.47. The predicted octanol–water partition coefficient (Wildman–Crippen LogP) is 4.75. The summed E-state index contributed by atoms with van der Waals surface area (Å²) in [6.07, 6.45) is 4.74. The molecule has 4 aliphatic carbocycles. The van der Waals surface area contributed by atoms with Crippen LogP contribution >= 0.6 is 0 Å². The van der Waals surface area contributed by atoms with E-state index >= 15 is 4.39 Å². The van der Waals surface area contributed by atoms with Crippen molar-refractivity contribution in [1.82, 2.24) is 10.2 Å². The molecule has 4 nitrogen and oxygen atoms in total. The molecule has 4 bridgehead atoms. The molecule has 4 fully saturated rings. The first kappa shape index (κ1) is 20.2. The van der Waals surface area contributed by atoms with Crippen molar-refractivity contribution in [3.63, 3.8) is 0 Å². The van der Waals surface area contributed by atoms with Crippen LogP contribution in [0, 0.1) is 11.8 Å². The third kappa shape index (κ3) is 3.98. The Labute approximate surface area is 182 Å². The molecule has 0 spiro atoms. The van der Waals surface area contributed by atoms with Gasteiger partial charge in [-0.05, 0) is 73.8 Å². The lowest BCUT2D eigenvalue weighted by molar-refractivity contribution is -0.0937. The van der Waals surface area contributed by atoms with Crippen LogP contribution in [-0.4, -0.2) is 35.0 Å². The van der Waals surface area contributed by atoms with Gasteiger partial charge in [0.05, 0.1) is 0 Å². The number of alkyl halides is 1. The van der Waals surface area contributed by atoms with Crippen molar-refractivity contribution in [3.05, 3.63) is 71.3 Å². The first-order valence-electron chi connectivity index (χ1n) is 11.2. The van der Waals surface area contributed by atoms with Crippen LogP contribution in [0.25, 0.3) is 0 Å². The average molecular weight is 421 g/mol. The molecule has 0 saturated heterocycles. The van der Waals surface area contributed by atoms with Crippen LogP contribution in [0.4, 0.5) is 4.39 Å². The van der Waals surface area contributed by atoms with E-state index in [4.69, 9.17) is 0 Å². The van der Waals surface area contributed by atoms with Gasteiger partial charge >= 0.3 is 0 Å². The largest absolute Gasteiger partial charge is 0.346 e. The van der Waals surface area contributed by atoms with Gasteiger partial charge in [-0.3, -0.25) is 9.59 Å². The Morgan fingerprint density at radius 3 is 2.23 bits per heavy atom. The number of rotatable bonds is 5. The van der Waals surface area contributed by atoms with Crippen LogP contribution in [0.3, 0.4) is 0 Å². The number of nitrogens with zero attached hydrogens (tertiary/aromatic N) is 1. The third-order valence-electron chi connectivity index (χ3n) is 7.37. The predicted molar refractivity (Wildman–Crippen MR) is 117 cm³/mol. The highest BCUT2D eigenvalue weighted by molar-refractivity contribution is 5.95. The van der Waals surface area contributed by atoms with E-state index in [2.05, 4.69) is 5.32 Å². The van der Waals surface area contributed by atoms with Crippen molar-refractivity contribution in [3.8, 4) is 0 Å². The van der Waals surface area contributed by atoms with Crippen LogP contribution in [0.1, 0.15) is 64.8 Å². The quantitative estimate of drug-likeness (QED) is 0.759. The van der Waals surface area contributed by atoms with Gasteiger partial charge in [-0.25, -0.2) is 4.39 Å². The first-order chi connectivity index (χ1) is 14.8. The van der Waals surface area contributed by atoms with E-state index in [1.807, 2.05) is 30.3 Å². The second-order valence-electron chi connectivity index (χ2n) is 10.1. The summed E-state index contributed by atoms with van der Waals surface area (Å²) in [5.41, 5.74) is 0.737. The summed E-state index contributed by atoms with van der Waals surface area (Å²) in [5, 5.41) is 3.22. The topological polar surface area (TPSA) is 49.4 Å². The molecule has 4 saturated carbocycles. The fraction of sp³-hybridized carbons (Fsp3) is 0.462. The van der Waals surface area contributed by atoms with E-state index in [1.54, 1.807) is 36.2 Å². The Bertz CT molecular complexity index is 974. The molecule has 1 N–H and O–H groups in total. The van der Waals surface area contributed by atoms with Gasteiger partial charge < -0.3 is 10.2 Å². The molecule has 0 aromatic heterocycles. The SMILES string of the molecule is CN(Cc1ccc(C(=O)NC23CC4CC(CC(F)(C4)C2)C3)cc1)C(=O)c1ccccc1. The number of carbonyl (C=O) groups excluding carboxylic acids is 2. The zero-order valence-corrected chi connectivity index (χ0v) is 17.9. The molecular formula is C26H29FN2O2. The van der Waals surface area contributed by atoms with Gasteiger partial charge in [-0.1, -0.05) is 30.3 Å². The van der Waals surface area contributed by atoms with E-state index < -0.39 is 5.67 Å². The maximum Gasteiger partial charge on any atom is 0.253 e. The molecule has 6 rings (SSSR count). The summed E-state index contributed by atoms with van der Waals surface area (Å²) in [6.45, 7) is 0.466. The van der Waals surface area contributed by atoms with Gasteiger partial charge in [0.25, 0.3) is 11.8 Å². The first-order valence-corrected chi connectivity index (χ1v) is 11.2. The number of hydrogen-bond donors (Lipinski definition) is 1. The minimum atomic E-state index is -1.09. The van der Waals surface area contributed by atoms with Crippen molar-refractivity contribution in [2.75, 3.05) is 7.05 Å². The summed E-state index contributed by atoms with van der Waals surface area (Å²) in [4.78, 5) is 27.2.